The van der Waals surface area contributed by atoms with Crippen molar-refractivity contribution in [2.24, 2.45) is 0 Å². The van der Waals surface area contributed by atoms with E-state index in [1.807, 2.05) is 44.2 Å². The summed E-state index contributed by atoms with van der Waals surface area (Å²) in [6.07, 6.45) is -0.0274. The van der Waals surface area contributed by atoms with Gasteiger partial charge in [0.25, 0.3) is 11.8 Å². The van der Waals surface area contributed by atoms with Crippen LogP contribution >= 0.6 is 11.6 Å². The molecule has 0 spiro atoms. The van der Waals surface area contributed by atoms with Crippen molar-refractivity contribution in [2.45, 2.75) is 32.4 Å². The number of carbonyl (C=O) groups excluding carboxylic acids is 3. The van der Waals surface area contributed by atoms with Crippen molar-refractivity contribution in [3.63, 3.8) is 0 Å². The first-order valence-electron chi connectivity index (χ1n) is 10.6. The number of carbonyl (C=O) groups is 3. The third-order valence-electron chi connectivity index (χ3n) is 4.88. The highest BCUT2D eigenvalue weighted by atomic mass is 35.5. The van der Waals surface area contributed by atoms with E-state index in [0.717, 1.165) is 5.56 Å². The van der Waals surface area contributed by atoms with Gasteiger partial charge in [-0.05, 0) is 43.7 Å². The first kappa shape index (κ1) is 24.0. The predicted octanol–water partition coefficient (Wildman–Crippen LogP) is 4.98. The van der Waals surface area contributed by atoms with E-state index in [2.05, 4.69) is 16.0 Å². The average molecular weight is 464 g/mol. The molecule has 0 bridgehead atoms. The van der Waals surface area contributed by atoms with Gasteiger partial charge < -0.3 is 16.0 Å². The molecule has 170 valence electrons. The van der Waals surface area contributed by atoms with Crippen molar-refractivity contribution in [3.8, 4) is 0 Å². The molecule has 0 aliphatic rings. The second kappa shape index (κ2) is 11.3. The predicted molar refractivity (Wildman–Crippen MR) is 130 cm³/mol. The first-order valence-corrected chi connectivity index (χ1v) is 11.0. The van der Waals surface area contributed by atoms with E-state index < -0.39 is 6.04 Å². The van der Waals surface area contributed by atoms with Crippen molar-refractivity contribution in [3.05, 3.63) is 101 Å². The first-order chi connectivity index (χ1) is 15.8. The van der Waals surface area contributed by atoms with Gasteiger partial charge in [0.05, 0.1) is 34.3 Å². The standard InChI is InChI=1S/C26H26ClN3O3/c1-17(2)28-26(33)20-13-7-9-15-22(20)29-24(31)16-23(18-10-4-3-5-11-18)30-25(32)19-12-6-8-14-21(19)27/h3-15,17,23H,16H2,1-2H3,(H,28,33)(H,29,31)(H,30,32). The zero-order valence-electron chi connectivity index (χ0n) is 18.5. The molecule has 3 amide bonds. The molecule has 0 saturated heterocycles. The van der Waals surface area contributed by atoms with E-state index in [0.29, 0.717) is 21.8 Å². The summed E-state index contributed by atoms with van der Waals surface area (Å²) in [5.74, 6) is -0.986. The van der Waals surface area contributed by atoms with E-state index >= 15 is 0 Å². The maximum atomic E-state index is 13.0. The number of hydrogen-bond donors (Lipinski definition) is 3. The SMILES string of the molecule is CC(C)NC(=O)c1ccccc1NC(=O)CC(NC(=O)c1ccccc1Cl)c1ccccc1. The second-order valence-corrected chi connectivity index (χ2v) is 8.25. The quantitative estimate of drug-likeness (QED) is 0.440. The molecule has 0 saturated carbocycles. The van der Waals surface area contributed by atoms with Gasteiger partial charge in [-0.25, -0.2) is 0 Å². The molecule has 7 heteroatoms. The topological polar surface area (TPSA) is 87.3 Å². The van der Waals surface area contributed by atoms with Crippen LogP contribution in [-0.2, 0) is 4.79 Å². The van der Waals surface area contributed by atoms with E-state index in [-0.39, 0.29) is 30.2 Å². The van der Waals surface area contributed by atoms with Crippen molar-refractivity contribution in [2.75, 3.05) is 5.32 Å². The van der Waals surface area contributed by atoms with Crippen molar-refractivity contribution in [1.82, 2.24) is 10.6 Å². The lowest BCUT2D eigenvalue weighted by Gasteiger charge is -2.20. The highest BCUT2D eigenvalue weighted by molar-refractivity contribution is 6.33. The number of para-hydroxylation sites is 1. The maximum Gasteiger partial charge on any atom is 0.253 e. The van der Waals surface area contributed by atoms with E-state index in [9.17, 15) is 14.4 Å². The Morgan fingerprint density at radius 2 is 1.33 bits per heavy atom. The molecule has 1 unspecified atom stereocenters. The summed E-state index contributed by atoms with van der Waals surface area (Å²) in [7, 11) is 0. The third-order valence-corrected chi connectivity index (χ3v) is 5.21. The Balaban J connectivity index is 1.79. The summed E-state index contributed by atoms with van der Waals surface area (Å²) in [4.78, 5) is 38.3. The molecule has 3 N–H and O–H groups in total. The van der Waals surface area contributed by atoms with Crippen LogP contribution in [0.3, 0.4) is 0 Å². The maximum absolute atomic E-state index is 13.0. The molecule has 0 fully saturated rings. The zero-order chi connectivity index (χ0) is 23.8. The molecule has 3 rings (SSSR count). The van der Waals surface area contributed by atoms with E-state index in [4.69, 9.17) is 11.6 Å². The highest BCUT2D eigenvalue weighted by Gasteiger charge is 2.21. The molecule has 3 aromatic rings. The second-order valence-electron chi connectivity index (χ2n) is 7.84. The minimum absolute atomic E-state index is 0.0274. The summed E-state index contributed by atoms with van der Waals surface area (Å²) >= 11 is 6.17. The Hall–Kier alpha value is -3.64. The number of rotatable bonds is 8. The lowest BCUT2D eigenvalue weighted by molar-refractivity contribution is -0.116. The van der Waals surface area contributed by atoms with Crippen LogP contribution in [0.2, 0.25) is 5.02 Å². The van der Waals surface area contributed by atoms with Gasteiger partial charge in [0.15, 0.2) is 0 Å². The molecule has 6 nitrogen and oxygen atoms in total. The Morgan fingerprint density at radius 3 is 2.00 bits per heavy atom. The fraction of sp³-hybridized carbons (Fsp3) is 0.192. The molecule has 0 radical (unpaired) electrons. The summed E-state index contributed by atoms with van der Waals surface area (Å²) in [5.41, 5.74) is 1.89. The fourth-order valence-electron chi connectivity index (χ4n) is 3.34. The Labute approximate surface area is 198 Å². The molecular weight excluding hydrogens is 438 g/mol. The van der Waals surface area contributed by atoms with Crippen LogP contribution in [0.4, 0.5) is 5.69 Å². The van der Waals surface area contributed by atoms with Gasteiger partial charge >= 0.3 is 0 Å². The summed E-state index contributed by atoms with van der Waals surface area (Å²) in [5, 5.41) is 8.88. The molecule has 3 aromatic carbocycles. The summed E-state index contributed by atoms with van der Waals surface area (Å²) in [6, 6.07) is 22.1. The van der Waals surface area contributed by atoms with E-state index in [1.54, 1.807) is 48.5 Å². The minimum Gasteiger partial charge on any atom is -0.350 e. The van der Waals surface area contributed by atoms with Gasteiger partial charge in [0.1, 0.15) is 0 Å². The molecule has 0 aromatic heterocycles. The molecule has 0 aliphatic heterocycles. The fourth-order valence-corrected chi connectivity index (χ4v) is 3.56. The summed E-state index contributed by atoms with van der Waals surface area (Å²) < 4.78 is 0. The van der Waals surface area contributed by atoms with Crippen molar-refractivity contribution in [1.29, 1.82) is 0 Å². The van der Waals surface area contributed by atoms with Gasteiger partial charge in [0, 0.05) is 6.04 Å². The van der Waals surface area contributed by atoms with Gasteiger partial charge in [0.2, 0.25) is 5.91 Å². The lowest BCUT2D eigenvalue weighted by atomic mass is 10.0. The van der Waals surface area contributed by atoms with Gasteiger partial charge in [-0.1, -0.05) is 66.2 Å². The number of hydrogen-bond acceptors (Lipinski definition) is 3. The van der Waals surface area contributed by atoms with E-state index in [1.165, 1.54) is 0 Å². The van der Waals surface area contributed by atoms with Crippen molar-refractivity contribution >= 4 is 35.0 Å². The zero-order valence-corrected chi connectivity index (χ0v) is 19.2. The Morgan fingerprint density at radius 1 is 0.758 bits per heavy atom. The number of amides is 3. The lowest BCUT2D eigenvalue weighted by Crippen LogP contribution is -2.33. The largest absolute Gasteiger partial charge is 0.350 e. The van der Waals surface area contributed by atoms with Crippen LogP contribution in [0.15, 0.2) is 78.9 Å². The van der Waals surface area contributed by atoms with Crippen LogP contribution in [0.5, 0.6) is 0 Å². The van der Waals surface area contributed by atoms with Crippen LogP contribution in [0, 0.1) is 0 Å². The molecule has 1 atom stereocenters. The van der Waals surface area contributed by atoms with Crippen LogP contribution in [0.1, 0.15) is 52.6 Å². The molecule has 0 aliphatic carbocycles. The summed E-state index contributed by atoms with van der Waals surface area (Å²) in [6.45, 7) is 3.73. The Kier molecular flexibility index (Phi) is 8.22. The van der Waals surface area contributed by atoms with Crippen LogP contribution in [0.25, 0.3) is 0 Å². The monoisotopic (exact) mass is 463 g/mol. The smallest absolute Gasteiger partial charge is 0.253 e. The minimum atomic E-state index is -0.591. The Bertz CT molecular complexity index is 1130. The number of benzene rings is 3. The number of halogens is 1. The molecule has 0 heterocycles. The highest BCUT2D eigenvalue weighted by Crippen LogP contribution is 2.22. The molecular formula is C26H26ClN3O3. The average Bonchev–Trinajstić information content (AvgIpc) is 2.79. The van der Waals surface area contributed by atoms with Gasteiger partial charge in [-0.15, -0.1) is 0 Å². The third kappa shape index (κ3) is 6.67. The van der Waals surface area contributed by atoms with Gasteiger partial charge in [-0.3, -0.25) is 14.4 Å². The van der Waals surface area contributed by atoms with Crippen molar-refractivity contribution < 1.29 is 14.4 Å². The van der Waals surface area contributed by atoms with Crippen LogP contribution < -0.4 is 16.0 Å². The molecule has 33 heavy (non-hydrogen) atoms. The van der Waals surface area contributed by atoms with Crippen LogP contribution in [-0.4, -0.2) is 23.8 Å². The normalized spacial score (nSPS) is 11.5. The number of nitrogens with one attached hydrogen (secondary N) is 3. The van der Waals surface area contributed by atoms with Gasteiger partial charge in [-0.2, -0.15) is 0 Å². The number of anilines is 1.